The lowest BCUT2D eigenvalue weighted by molar-refractivity contribution is -0.574. The molecule has 7 N–H and O–H groups in total. The van der Waals surface area contributed by atoms with Crippen LogP contribution in [0, 0.1) is 0 Å². The number of aliphatic hydroxyl groups is 5. The Bertz CT molecular complexity index is 113. The highest BCUT2D eigenvalue weighted by Crippen LogP contribution is 2.14. The summed E-state index contributed by atoms with van der Waals surface area (Å²) in [6.45, 7) is 0. The largest absolute Gasteiger partial charge is 0.356 e. The van der Waals surface area contributed by atoms with Crippen LogP contribution in [0.3, 0.4) is 0 Å². The Hall–Kier alpha value is -0.320. The molecule has 0 amide bonds. The van der Waals surface area contributed by atoms with Crippen molar-refractivity contribution >= 4 is 0 Å². The molecule has 0 atom stereocenters. The normalized spacial score (nSPS) is 14.4. The summed E-state index contributed by atoms with van der Waals surface area (Å²) in [6, 6.07) is 0. The van der Waals surface area contributed by atoms with Gasteiger partial charge < -0.3 is 25.5 Å². The molecule has 0 aromatic heterocycles. The molecule has 0 aliphatic carbocycles. The Balaban J connectivity index is 4.40. The molecule has 0 rings (SSSR count). The van der Waals surface area contributed by atoms with Gasteiger partial charge >= 0.3 is 11.9 Å². The van der Waals surface area contributed by atoms with Gasteiger partial charge in [-0.2, -0.15) is 0 Å². The first-order chi connectivity index (χ1) is 4.19. The van der Waals surface area contributed by atoms with Crippen molar-refractivity contribution in [2.24, 2.45) is 0 Å². The highest BCUT2D eigenvalue weighted by atomic mass is 16.9. The standard InChI is InChI=1S/C2H7NO7/c4-1(5,3(9)10)2(6,7)8/h4-10H. The first-order valence-electron chi connectivity index (χ1n) is 1.99. The van der Waals surface area contributed by atoms with Crippen LogP contribution in [0.15, 0.2) is 0 Å². The number of rotatable bonds is 2. The zero-order valence-corrected chi connectivity index (χ0v) is 4.58. The van der Waals surface area contributed by atoms with E-state index in [1.165, 1.54) is 0 Å². The molecule has 8 heteroatoms. The highest BCUT2D eigenvalue weighted by Gasteiger charge is 2.52. The molecule has 0 heterocycles. The molecule has 0 unspecified atom stereocenters. The van der Waals surface area contributed by atoms with Gasteiger partial charge in [0.1, 0.15) is 0 Å². The monoisotopic (exact) mass is 157 g/mol. The van der Waals surface area contributed by atoms with E-state index in [4.69, 9.17) is 35.9 Å². The fourth-order valence-corrected chi connectivity index (χ4v) is 0.134. The van der Waals surface area contributed by atoms with E-state index in [-0.39, 0.29) is 0 Å². The summed E-state index contributed by atoms with van der Waals surface area (Å²) in [7, 11) is 0. The van der Waals surface area contributed by atoms with Crippen molar-refractivity contribution in [3.8, 4) is 0 Å². The number of hydroxylamine groups is 2. The van der Waals surface area contributed by atoms with Gasteiger partial charge in [-0.15, -0.1) is 0 Å². The third-order valence-corrected chi connectivity index (χ3v) is 0.729. The zero-order chi connectivity index (χ0) is 8.58. The highest BCUT2D eigenvalue weighted by molar-refractivity contribution is 4.62. The van der Waals surface area contributed by atoms with Crippen LogP contribution >= 0.6 is 0 Å². The van der Waals surface area contributed by atoms with Crippen molar-refractivity contribution in [2.45, 2.75) is 11.9 Å². The Morgan fingerprint density at radius 1 is 0.800 bits per heavy atom. The molecule has 0 aliphatic heterocycles. The van der Waals surface area contributed by atoms with E-state index >= 15 is 0 Å². The summed E-state index contributed by atoms with van der Waals surface area (Å²) >= 11 is 0. The van der Waals surface area contributed by atoms with Gasteiger partial charge in [-0.1, -0.05) is 0 Å². The third kappa shape index (κ3) is 1.59. The fourth-order valence-electron chi connectivity index (χ4n) is 0.134. The number of nitrogens with zero attached hydrogens (tertiary/aromatic N) is 1. The Kier molecular flexibility index (Phi) is 2.30. The predicted molar refractivity (Wildman–Crippen MR) is 22.0 cm³/mol. The zero-order valence-electron chi connectivity index (χ0n) is 4.58. The molecular formula is C2H7NO7. The van der Waals surface area contributed by atoms with Gasteiger partial charge in [-0.05, 0) is 5.23 Å². The fraction of sp³-hybridized carbons (Fsp3) is 1.00. The van der Waals surface area contributed by atoms with E-state index in [2.05, 4.69) is 0 Å². The summed E-state index contributed by atoms with van der Waals surface area (Å²) in [5.74, 6) is -8.00. The first-order valence-corrected chi connectivity index (χ1v) is 1.99. The van der Waals surface area contributed by atoms with Gasteiger partial charge in [0.15, 0.2) is 0 Å². The molecule has 0 radical (unpaired) electrons. The second kappa shape index (κ2) is 2.38. The quantitative estimate of drug-likeness (QED) is 0.160. The molecule has 0 fully saturated rings. The Morgan fingerprint density at radius 2 is 1.10 bits per heavy atom. The minimum Gasteiger partial charge on any atom is -0.344 e. The number of hydrogen-bond acceptors (Lipinski definition) is 8. The lowest BCUT2D eigenvalue weighted by Gasteiger charge is -2.30. The maximum absolute atomic E-state index is 8.16. The van der Waals surface area contributed by atoms with Crippen LogP contribution in [0.1, 0.15) is 0 Å². The van der Waals surface area contributed by atoms with Gasteiger partial charge in [-0.3, -0.25) is 10.4 Å². The van der Waals surface area contributed by atoms with Gasteiger partial charge in [0, 0.05) is 0 Å². The van der Waals surface area contributed by atoms with Crippen molar-refractivity contribution in [3.05, 3.63) is 0 Å². The molecule has 62 valence electrons. The summed E-state index contributed by atoms with van der Waals surface area (Å²) in [4.78, 5) is 0. The van der Waals surface area contributed by atoms with E-state index in [0.717, 1.165) is 0 Å². The van der Waals surface area contributed by atoms with Crippen molar-refractivity contribution in [1.29, 1.82) is 0 Å². The Labute approximate surface area is 54.3 Å². The van der Waals surface area contributed by atoms with Gasteiger partial charge in [-0.25, -0.2) is 0 Å². The maximum Gasteiger partial charge on any atom is 0.356 e. The van der Waals surface area contributed by atoms with E-state index in [1.807, 2.05) is 0 Å². The summed E-state index contributed by atoms with van der Waals surface area (Å²) in [5.41, 5.74) is 0. The van der Waals surface area contributed by atoms with Crippen molar-refractivity contribution in [3.63, 3.8) is 0 Å². The molecule has 0 bridgehead atoms. The van der Waals surface area contributed by atoms with E-state index < -0.39 is 17.1 Å². The molecule has 0 aromatic rings. The Morgan fingerprint density at radius 3 is 1.10 bits per heavy atom. The molecule has 0 aromatic carbocycles. The van der Waals surface area contributed by atoms with Gasteiger partial charge in [0.2, 0.25) is 0 Å². The molecule has 8 nitrogen and oxygen atoms in total. The second-order valence-corrected chi connectivity index (χ2v) is 1.56. The maximum atomic E-state index is 8.16. The second-order valence-electron chi connectivity index (χ2n) is 1.56. The van der Waals surface area contributed by atoms with E-state index in [0.29, 0.717) is 0 Å². The van der Waals surface area contributed by atoms with E-state index in [9.17, 15) is 0 Å². The van der Waals surface area contributed by atoms with Crippen LogP contribution in [0.2, 0.25) is 0 Å². The van der Waals surface area contributed by atoms with Crippen LogP contribution in [-0.2, 0) is 0 Å². The van der Waals surface area contributed by atoms with Crippen LogP contribution < -0.4 is 0 Å². The lowest BCUT2D eigenvalue weighted by Crippen LogP contribution is -2.63. The van der Waals surface area contributed by atoms with Crippen LogP contribution in [0.5, 0.6) is 0 Å². The summed E-state index contributed by atoms with van der Waals surface area (Å²) in [5, 5.41) is 54.5. The van der Waals surface area contributed by atoms with Crippen molar-refractivity contribution in [1.82, 2.24) is 5.23 Å². The minimum atomic E-state index is -4.05. The smallest absolute Gasteiger partial charge is 0.344 e. The SMILES string of the molecule is ON(O)C(O)(O)C(O)(O)O. The van der Waals surface area contributed by atoms with Crippen LogP contribution in [0.25, 0.3) is 0 Å². The summed E-state index contributed by atoms with van der Waals surface area (Å²) in [6.07, 6.45) is 0. The van der Waals surface area contributed by atoms with Crippen molar-refractivity contribution < 1.29 is 35.9 Å². The molecular weight excluding hydrogens is 150 g/mol. The molecule has 0 spiro atoms. The topological polar surface area (TPSA) is 145 Å². The third-order valence-electron chi connectivity index (χ3n) is 0.729. The lowest BCUT2D eigenvalue weighted by atomic mass is 10.4. The molecule has 0 saturated heterocycles. The first kappa shape index (κ1) is 9.68. The van der Waals surface area contributed by atoms with Crippen LogP contribution in [-0.4, -0.2) is 53.1 Å². The minimum absolute atomic E-state index is 1.37. The average molecular weight is 157 g/mol. The number of hydrogen-bond donors (Lipinski definition) is 7. The van der Waals surface area contributed by atoms with Crippen LogP contribution in [0.4, 0.5) is 0 Å². The predicted octanol–water partition coefficient (Wildman–Crippen LogP) is -3.66. The summed E-state index contributed by atoms with van der Waals surface area (Å²) < 4.78 is 0. The molecule has 10 heavy (non-hydrogen) atoms. The van der Waals surface area contributed by atoms with Crippen molar-refractivity contribution in [2.75, 3.05) is 0 Å². The molecule has 0 saturated carbocycles. The van der Waals surface area contributed by atoms with Gasteiger partial charge in [0.25, 0.3) is 0 Å². The molecule has 0 aliphatic rings. The average Bonchev–Trinajstić information content (AvgIpc) is 1.62. The van der Waals surface area contributed by atoms with E-state index in [1.54, 1.807) is 0 Å². The van der Waals surface area contributed by atoms with Gasteiger partial charge in [0.05, 0.1) is 0 Å².